The van der Waals surface area contributed by atoms with Gasteiger partial charge in [-0.1, -0.05) is 6.08 Å². The Morgan fingerprint density at radius 2 is 2.50 bits per heavy atom. The number of Topliss-reactive ketones (excluding diaryl/α,β-unsaturated/α-hetero) is 1. The molecule has 1 N–H and O–H groups in total. The van der Waals surface area contributed by atoms with Crippen molar-refractivity contribution in [2.45, 2.75) is 26.3 Å². The van der Waals surface area contributed by atoms with Gasteiger partial charge in [0.15, 0.2) is 5.78 Å². The van der Waals surface area contributed by atoms with Crippen LogP contribution in [0.4, 0.5) is 0 Å². The number of nitrogens with one attached hydrogen (secondary N) is 1. The molecule has 1 heterocycles. The summed E-state index contributed by atoms with van der Waals surface area (Å²) < 4.78 is 0. The molecule has 2 heteroatoms. The zero-order valence-electron chi connectivity index (χ0n) is 6.48. The molecule has 0 amide bonds. The Balaban J connectivity index is 2.71. The molecule has 0 aromatic rings. The summed E-state index contributed by atoms with van der Waals surface area (Å²) in [4.78, 5) is 10.9. The van der Waals surface area contributed by atoms with Gasteiger partial charge in [0.05, 0.1) is 0 Å². The minimum atomic E-state index is 0.194. The number of rotatable bonds is 1. The van der Waals surface area contributed by atoms with Gasteiger partial charge in [-0.15, -0.1) is 0 Å². The summed E-state index contributed by atoms with van der Waals surface area (Å²) in [7, 11) is 0. The molecular formula is C8H13NO. The van der Waals surface area contributed by atoms with E-state index in [-0.39, 0.29) is 11.8 Å². The Hall–Kier alpha value is -0.630. The van der Waals surface area contributed by atoms with Gasteiger partial charge in [0.1, 0.15) is 0 Å². The zero-order chi connectivity index (χ0) is 7.56. The minimum Gasteiger partial charge on any atom is -0.310 e. The van der Waals surface area contributed by atoms with Gasteiger partial charge < -0.3 is 5.32 Å². The smallest absolute Gasteiger partial charge is 0.157 e. The molecular weight excluding hydrogens is 126 g/mol. The Morgan fingerprint density at radius 3 is 2.90 bits per heavy atom. The van der Waals surface area contributed by atoms with Gasteiger partial charge in [0, 0.05) is 11.6 Å². The number of carbonyl (C=O) groups is 1. The molecule has 0 aliphatic carbocycles. The standard InChI is InChI=1S/C8H13NO/c1-6-8(7(2)10)4-3-5-9-6/h4,6,9H,3,5H2,1-2H3. The maximum Gasteiger partial charge on any atom is 0.157 e. The third-order valence-electron chi connectivity index (χ3n) is 1.83. The SMILES string of the molecule is CC(=O)C1=CCCNC1C. The lowest BCUT2D eigenvalue weighted by Gasteiger charge is -2.19. The Morgan fingerprint density at radius 1 is 1.80 bits per heavy atom. The lowest BCUT2D eigenvalue weighted by molar-refractivity contribution is -0.113. The van der Waals surface area contributed by atoms with Crippen LogP contribution in [0, 0.1) is 0 Å². The van der Waals surface area contributed by atoms with Crippen molar-refractivity contribution in [2.75, 3.05) is 6.54 Å². The van der Waals surface area contributed by atoms with E-state index in [4.69, 9.17) is 0 Å². The maximum absolute atomic E-state index is 10.9. The van der Waals surface area contributed by atoms with Crippen LogP contribution in [0.2, 0.25) is 0 Å². The summed E-state index contributed by atoms with van der Waals surface area (Å²) in [6.07, 6.45) is 3.02. The molecule has 1 aliphatic heterocycles. The second-order valence-corrected chi connectivity index (χ2v) is 2.68. The summed E-state index contributed by atoms with van der Waals surface area (Å²) in [6, 6.07) is 0.256. The molecule has 0 fully saturated rings. The van der Waals surface area contributed by atoms with Crippen molar-refractivity contribution in [1.29, 1.82) is 0 Å². The maximum atomic E-state index is 10.9. The van der Waals surface area contributed by atoms with Crippen LogP contribution in [0.3, 0.4) is 0 Å². The molecule has 0 aromatic carbocycles. The normalized spacial score (nSPS) is 25.8. The summed E-state index contributed by atoms with van der Waals surface area (Å²) in [6.45, 7) is 4.64. The molecule has 1 atom stereocenters. The fourth-order valence-corrected chi connectivity index (χ4v) is 1.26. The van der Waals surface area contributed by atoms with E-state index < -0.39 is 0 Å². The quantitative estimate of drug-likeness (QED) is 0.584. The van der Waals surface area contributed by atoms with E-state index in [1.165, 1.54) is 0 Å². The van der Waals surface area contributed by atoms with Gasteiger partial charge in [-0.3, -0.25) is 4.79 Å². The van der Waals surface area contributed by atoms with Crippen LogP contribution in [0.15, 0.2) is 11.6 Å². The van der Waals surface area contributed by atoms with Gasteiger partial charge in [-0.05, 0) is 26.8 Å². The van der Waals surface area contributed by atoms with Crippen LogP contribution in [0.25, 0.3) is 0 Å². The highest BCUT2D eigenvalue weighted by molar-refractivity contribution is 5.94. The fourth-order valence-electron chi connectivity index (χ4n) is 1.26. The van der Waals surface area contributed by atoms with Crippen molar-refractivity contribution in [3.8, 4) is 0 Å². The van der Waals surface area contributed by atoms with Crippen LogP contribution < -0.4 is 5.32 Å². The van der Waals surface area contributed by atoms with Crippen molar-refractivity contribution in [1.82, 2.24) is 5.32 Å². The van der Waals surface area contributed by atoms with E-state index in [2.05, 4.69) is 5.32 Å². The first kappa shape index (κ1) is 7.48. The first-order chi connectivity index (χ1) is 4.72. The van der Waals surface area contributed by atoms with Crippen molar-refractivity contribution in [2.24, 2.45) is 0 Å². The van der Waals surface area contributed by atoms with Crippen LogP contribution >= 0.6 is 0 Å². The summed E-state index contributed by atoms with van der Waals surface area (Å²) in [5, 5.41) is 3.22. The molecule has 0 spiro atoms. The second kappa shape index (κ2) is 2.97. The van der Waals surface area contributed by atoms with E-state index in [1.807, 2.05) is 13.0 Å². The van der Waals surface area contributed by atoms with E-state index in [1.54, 1.807) is 6.92 Å². The molecule has 56 valence electrons. The van der Waals surface area contributed by atoms with Crippen LogP contribution in [0.5, 0.6) is 0 Å². The largest absolute Gasteiger partial charge is 0.310 e. The lowest BCUT2D eigenvalue weighted by Crippen LogP contribution is -2.34. The molecule has 10 heavy (non-hydrogen) atoms. The van der Waals surface area contributed by atoms with E-state index >= 15 is 0 Å². The number of hydrogen-bond acceptors (Lipinski definition) is 2. The van der Waals surface area contributed by atoms with Crippen molar-refractivity contribution in [3.05, 3.63) is 11.6 Å². The van der Waals surface area contributed by atoms with Gasteiger partial charge in [0.2, 0.25) is 0 Å². The highest BCUT2D eigenvalue weighted by atomic mass is 16.1. The molecule has 0 radical (unpaired) electrons. The Labute approximate surface area is 61.3 Å². The van der Waals surface area contributed by atoms with Crippen molar-refractivity contribution < 1.29 is 4.79 Å². The summed E-state index contributed by atoms with van der Waals surface area (Å²) >= 11 is 0. The molecule has 1 unspecified atom stereocenters. The molecule has 2 nitrogen and oxygen atoms in total. The minimum absolute atomic E-state index is 0.194. The van der Waals surface area contributed by atoms with Crippen LogP contribution in [-0.2, 0) is 4.79 Å². The molecule has 0 aromatic heterocycles. The van der Waals surface area contributed by atoms with Crippen molar-refractivity contribution >= 4 is 5.78 Å². The molecule has 1 rings (SSSR count). The van der Waals surface area contributed by atoms with Gasteiger partial charge >= 0.3 is 0 Å². The third kappa shape index (κ3) is 1.45. The van der Waals surface area contributed by atoms with E-state index in [0.29, 0.717) is 0 Å². The highest BCUT2D eigenvalue weighted by Crippen LogP contribution is 2.08. The third-order valence-corrected chi connectivity index (χ3v) is 1.83. The highest BCUT2D eigenvalue weighted by Gasteiger charge is 2.14. The number of hydrogen-bond donors (Lipinski definition) is 1. The Bertz CT molecular complexity index is 172. The number of carbonyl (C=O) groups excluding carboxylic acids is 1. The van der Waals surface area contributed by atoms with Gasteiger partial charge in [0.25, 0.3) is 0 Å². The molecule has 1 aliphatic rings. The monoisotopic (exact) mass is 139 g/mol. The first-order valence-corrected chi connectivity index (χ1v) is 3.66. The van der Waals surface area contributed by atoms with Gasteiger partial charge in [-0.2, -0.15) is 0 Å². The molecule has 0 saturated heterocycles. The molecule has 0 bridgehead atoms. The zero-order valence-corrected chi connectivity index (χ0v) is 6.48. The lowest BCUT2D eigenvalue weighted by atomic mass is 10.0. The summed E-state index contributed by atoms with van der Waals surface area (Å²) in [5.41, 5.74) is 0.936. The average molecular weight is 139 g/mol. The summed E-state index contributed by atoms with van der Waals surface area (Å²) in [5.74, 6) is 0.194. The van der Waals surface area contributed by atoms with Crippen LogP contribution in [0.1, 0.15) is 20.3 Å². The first-order valence-electron chi connectivity index (χ1n) is 3.66. The van der Waals surface area contributed by atoms with Crippen molar-refractivity contribution in [3.63, 3.8) is 0 Å². The van der Waals surface area contributed by atoms with E-state index in [9.17, 15) is 4.79 Å². The van der Waals surface area contributed by atoms with E-state index in [0.717, 1.165) is 18.5 Å². The molecule has 0 saturated carbocycles. The number of ketones is 1. The van der Waals surface area contributed by atoms with Crippen LogP contribution in [-0.4, -0.2) is 18.4 Å². The second-order valence-electron chi connectivity index (χ2n) is 2.68. The fraction of sp³-hybridized carbons (Fsp3) is 0.625. The predicted octanol–water partition coefficient (Wildman–Crippen LogP) is 0.884. The average Bonchev–Trinajstić information content (AvgIpc) is 1.88. The van der Waals surface area contributed by atoms with Gasteiger partial charge in [-0.25, -0.2) is 0 Å². The topological polar surface area (TPSA) is 29.1 Å². The predicted molar refractivity (Wildman–Crippen MR) is 40.8 cm³/mol. The Kier molecular flexibility index (Phi) is 2.22.